The van der Waals surface area contributed by atoms with Crippen LogP contribution in [0.1, 0.15) is 18.1 Å². The molecule has 4 heteroatoms. The average molecular weight is 285 g/mol. The van der Waals surface area contributed by atoms with E-state index in [0.717, 1.165) is 10.2 Å². The van der Waals surface area contributed by atoms with Crippen LogP contribution in [0.25, 0.3) is 0 Å². The van der Waals surface area contributed by atoms with Crippen LogP contribution in [0, 0.1) is 13.8 Å². The Labute approximate surface area is 105 Å². The van der Waals surface area contributed by atoms with Crippen LogP contribution in [0.4, 0.5) is 5.69 Å². The summed E-state index contributed by atoms with van der Waals surface area (Å²) in [7, 11) is 0. The van der Waals surface area contributed by atoms with Gasteiger partial charge in [-0.05, 0) is 44.0 Å². The van der Waals surface area contributed by atoms with Crippen molar-refractivity contribution < 1.29 is 4.79 Å². The number of carbonyl (C=O) groups excluding carboxylic acids is 1. The second-order valence-electron chi connectivity index (χ2n) is 3.73. The molecule has 1 amide bonds. The Morgan fingerprint density at radius 1 is 1.31 bits per heavy atom. The van der Waals surface area contributed by atoms with Crippen LogP contribution in [-0.4, -0.2) is 19.0 Å². The van der Waals surface area contributed by atoms with E-state index in [1.807, 2.05) is 32.9 Å². The quantitative estimate of drug-likeness (QED) is 0.893. The highest BCUT2D eigenvalue weighted by molar-refractivity contribution is 9.10. The van der Waals surface area contributed by atoms with Gasteiger partial charge in [-0.15, -0.1) is 0 Å². The monoisotopic (exact) mass is 284 g/mol. The first-order valence-corrected chi connectivity index (χ1v) is 6.11. The van der Waals surface area contributed by atoms with Gasteiger partial charge < -0.3 is 10.6 Å². The van der Waals surface area contributed by atoms with E-state index in [2.05, 4.69) is 26.6 Å². The van der Waals surface area contributed by atoms with E-state index in [9.17, 15) is 4.79 Å². The molecule has 0 saturated heterocycles. The van der Waals surface area contributed by atoms with Gasteiger partial charge in [-0.1, -0.05) is 15.9 Å². The van der Waals surface area contributed by atoms with Gasteiger partial charge in [-0.2, -0.15) is 0 Å². The van der Waals surface area contributed by atoms with Crippen molar-refractivity contribution >= 4 is 27.5 Å². The van der Waals surface area contributed by atoms with Crippen LogP contribution in [0.5, 0.6) is 0 Å². The van der Waals surface area contributed by atoms with Gasteiger partial charge >= 0.3 is 0 Å². The summed E-state index contributed by atoms with van der Waals surface area (Å²) in [6.45, 7) is 6.96. The van der Waals surface area contributed by atoms with E-state index in [0.29, 0.717) is 13.1 Å². The maximum atomic E-state index is 11.3. The molecule has 0 bridgehead atoms. The summed E-state index contributed by atoms with van der Waals surface area (Å²) < 4.78 is 1.12. The number of likely N-dealkylation sites (N-methyl/N-ethyl adjacent to an activating group) is 1. The molecular formula is C12H17BrN2O. The summed E-state index contributed by atoms with van der Waals surface area (Å²) in [5, 5.41) is 5.85. The highest BCUT2D eigenvalue weighted by Gasteiger charge is 2.03. The molecule has 88 valence electrons. The zero-order chi connectivity index (χ0) is 12.1. The molecular weight excluding hydrogens is 268 g/mol. The van der Waals surface area contributed by atoms with Crippen molar-refractivity contribution in [3.8, 4) is 0 Å². The molecule has 0 aromatic heterocycles. The summed E-state index contributed by atoms with van der Waals surface area (Å²) >= 11 is 3.51. The first kappa shape index (κ1) is 13.0. The number of anilines is 1. The minimum atomic E-state index is 0.0146. The van der Waals surface area contributed by atoms with Crippen molar-refractivity contribution in [3.05, 3.63) is 27.7 Å². The molecule has 3 nitrogen and oxygen atoms in total. The SMILES string of the molecule is CCNC(=O)CNc1cc(C)c(Br)c(C)c1. The molecule has 0 aliphatic carbocycles. The molecule has 0 atom stereocenters. The zero-order valence-corrected chi connectivity index (χ0v) is 11.4. The lowest BCUT2D eigenvalue weighted by Crippen LogP contribution is -2.29. The molecule has 0 aliphatic heterocycles. The first-order valence-electron chi connectivity index (χ1n) is 5.32. The Morgan fingerprint density at radius 3 is 2.38 bits per heavy atom. The molecule has 0 spiro atoms. The van der Waals surface area contributed by atoms with Gasteiger partial charge in [0.25, 0.3) is 0 Å². The topological polar surface area (TPSA) is 41.1 Å². The van der Waals surface area contributed by atoms with Gasteiger partial charge in [0, 0.05) is 16.7 Å². The second-order valence-corrected chi connectivity index (χ2v) is 4.52. The fourth-order valence-electron chi connectivity index (χ4n) is 1.49. The third kappa shape index (κ3) is 3.52. The Kier molecular flexibility index (Phi) is 4.80. The standard InChI is InChI=1S/C12H17BrN2O/c1-4-14-11(16)7-15-10-5-8(2)12(13)9(3)6-10/h5-6,15H,4,7H2,1-3H3,(H,14,16). The molecule has 0 fully saturated rings. The fourth-order valence-corrected chi connectivity index (χ4v) is 1.72. The van der Waals surface area contributed by atoms with Crippen molar-refractivity contribution in [1.82, 2.24) is 5.32 Å². The molecule has 0 heterocycles. The minimum Gasteiger partial charge on any atom is -0.376 e. The van der Waals surface area contributed by atoms with E-state index < -0.39 is 0 Å². The highest BCUT2D eigenvalue weighted by atomic mass is 79.9. The maximum Gasteiger partial charge on any atom is 0.239 e. The number of halogens is 1. The number of amides is 1. The third-order valence-electron chi connectivity index (χ3n) is 2.26. The van der Waals surface area contributed by atoms with Crippen molar-refractivity contribution in [2.75, 3.05) is 18.4 Å². The molecule has 1 rings (SSSR count). The van der Waals surface area contributed by atoms with E-state index >= 15 is 0 Å². The van der Waals surface area contributed by atoms with Crippen LogP contribution in [0.2, 0.25) is 0 Å². The average Bonchev–Trinajstić information content (AvgIpc) is 2.23. The molecule has 0 aliphatic rings. The number of aryl methyl sites for hydroxylation is 2. The normalized spacial score (nSPS) is 10.0. The summed E-state index contributed by atoms with van der Waals surface area (Å²) in [5.74, 6) is 0.0146. The van der Waals surface area contributed by atoms with Crippen molar-refractivity contribution in [1.29, 1.82) is 0 Å². The van der Waals surface area contributed by atoms with Gasteiger partial charge in [0.15, 0.2) is 0 Å². The van der Waals surface area contributed by atoms with Crippen LogP contribution in [-0.2, 0) is 4.79 Å². The Bertz CT molecular complexity index is 368. The largest absolute Gasteiger partial charge is 0.376 e. The third-order valence-corrected chi connectivity index (χ3v) is 3.51. The van der Waals surface area contributed by atoms with Gasteiger partial charge in [0.05, 0.1) is 6.54 Å². The van der Waals surface area contributed by atoms with Gasteiger partial charge in [-0.25, -0.2) is 0 Å². The van der Waals surface area contributed by atoms with E-state index in [1.165, 1.54) is 11.1 Å². The highest BCUT2D eigenvalue weighted by Crippen LogP contribution is 2.24. The molecule has 1 aromatic rings. The van der Waals surface area contributed by atoms with Gasteiger partial charge in [-0.3, -0.25) is 4.79 Å². The summed E-state index contributed by atoms with van der Waals surface area (Å²) in [6.07, 6.45) is 0. The number of carbonyl (C=O) groups is 1. The number of benzene rings is 1. The zero-order valence-electron chi connectivity index (χ0n) is 9.86. The van der Waals surface area contributed by atoms with Crippen molar-refractivity contribution in [2.45, 2.75) is 20.8 Å². The van der Waals surface area contributed by atoms with E-state index in [1.54, 1.807) is 0 Å². The van der Waals surface area contributed by atoms with E-state index in [4.69, 9.17) is 0 Å². The fraction of sp³-hybridized carbons (Fsp3) is 0.417. The van der Waals surface area contributed by atoms with Gasteiger partial charge in [0.1, 0.15) is 0 Å². The summed E-state index contributed by atoms with van der Waals surface area (Å²) in [6, 6.07) is 4.05. The predicted octanol–water partition coefficient (Wildman–Crippen LogP) is 2.61. The lowest BCUT2D eigenvalue weighted by Gasteiger charge is -2.10. The molecule has 0 saturated carbocycles. The van der Waals surface area contributed by atoms with Crippen molar-refractivity contribution in [3.63, 3.8) is 0 Å². The molecule has 2 N–H and O–H groups in total. The van der Waals surface area contributed by atoms with Gasteiger partial charge in [0.2, 0.25) is 5.91 Å². The van der Waals surface area contributed by atoms with Crippen LogP contribution < -0.4 is 10.6 Å². The lowest BCUT2D eigenvalue weighted by molar-refractivity contribution is -0.119. The van der Waals surface area contributed by atoms with Crippen LogP contribution >= 0.6 is 15.9 Å². The van der Waals surface area contributed by atoms with Crippen LogP contribution in [0.15, 0.2) is 16.6 Å². The second kappa shape index (κ2) is 5.89. The molecule has 0 radical (unpaired) electrons. The molecule has 0 unspecified atom stereocenters. The summed E-state index contributed by atoms with van der Waals surface area (Å²) in [5.41, 5.74) is 3.31. The summed E-state index contributed by atoms with van der Waals surface area (Å²) in [4.78, 5) is 11.3. The minimum absolute atomic E-state index is 0.0146. The lowest BCUT2D eigenvalue weighted by atomic mass is 10.1. The number of nitrogens with one attached hydrogen (secondary N) is 2. The number of rotatable bonds is 4. The number of hydrogen-bond donors (Lipinski definition) is 2. The smallest absolute Gasteiger partial charge is 0.239 e. The predicted molar refractivity (Wildman–Crippen MR) is 70.8 cm³/mol. The molecule has 1 aromatic carbocycles. The van der Waals surface area contributed by atoms with Crippen molar-refractivity contribution in [2.24, 2.45) is 0 Å². The first-order chi connectivity index (χ1) is 7.54. The van der Waals surface area contributed by atoms with E-state index in [-0.39, 0.29) is 5.91 Å². The number of hydrogen-bond acceptors (Lipinski definition) is 2. The van der Waals surface area contributed by atoms with Crippen LogP contribution in [0.3, 0.4) is 0 Å². The Hall–Kier alpha value is -1.03. The Balaban J connectivity index is 2.65. The Morgan fingerprint density at radius 2 is 1.88 bits per heavy atom. The maximum absolute atomic E-state index is 11.3. The molecule has 16 heavy (non-hydrogen) atoms.